The van der Waals surface area contributed by atoms with Crippen LogP contribution in [0.4, 0.5) is 4.79 Å². The number of carbonyl (C=O) groups excluding carboxylic acids is 2. The fraction of sp³-hybridized carbons (Fsp3) is 0.727. The predicted molar refractivity (Wildman–Crippen MR) is 74.0 cm³/mol. The van der Waals surface area contributed by atoms with Crippen LogP contribution in [0.25, 0.3) is 0 Å². The van der Waals surface area contributed by atoms with E-state index in [9.17, 15) is 14.4 Å². The van der Waals surface area contributed by atoms with Gasteiger partial charge in [-0.05, 0) is 32.3 Å². The standard InChI is InChI=1S/C11H21N3O4S/c1-7(2)14(6-9(12)15)11(18)13-8(10(16)17)4-5-19-3/h7-8H,4-6H2,1-3H3,(H2,12,15)(H,13,18)(H,16,17). The van der Waals surface area contributed by atoms with Crippen LogP contribution in [0.2, 0.25) is 0 Å². The molecule has 0 aromatic rings. The van der Waals surface area contributed by atoms with Crippen molar-refractivity contribution in [3.05, 3.63) is 0 Å². The molecule has 8 heteroatoms. The van der Waals surface area contributed by atoms with Gasteiger partial charge in [0.2, 0.25) is 5.91 Å². The summed E-state index contributed by atoms with van der Waals surface area (Å²) in [6.45, 7) is 3.21. The van der Waals surface area contributed by atoms with Crippen molar-refractivity contribution in [3.8, 4) is 0 Å². The number of rotatable bonds is 8. The number of amides is 3. The van der Waals surface area contributed by atoms with E-state index in [0.717, 1.165) is 0 Å². The highest BCUT2D eigenvalue weighted by Gasteiger charge is 2.25. The van der Waals surface area contributed by atoms with E-state index in [4.69, 9.17) is 10.8 Å². The van der Waals surface area contributed by atoms with Crippen molar-refractivity contribution in [3.63, 3.8) is 0 Å². The molecular formula is C11H21N3O4S. The zero-order valence-corrected chi connectivity index (χ0v) is 12.2. The Bertz CT molecular complexity index is 336. The molecule has 0 heterocycles. The number of thioether (sulfide) groups is 1. The van der Waals surface area contributed by atoms with Crippen LogP contribution in [0.3, 0.4) is 0 Å². The lowest BCUT2D eigenvalue weighted by molar-refractivity contribution is -0.139. The third-order valence-electron chi connectivity index (χ3n) is 2.42. The molecule has 0 bridgehead atoms. The smallest absolute Gasteiger partial charge is 0.326 e. The van der Waals surface area contributed by atoms with Crippen LogP contribution in [-0.4, -0.2) is 58.6 Å². The minimum absolute atomic E-state index is 0.238. The van der Waals surface area contributed by atoms with Crippen molar-refractivity contribution in [1.82, 2.24) is 10.2 Å². The fourth-order valence-corrected chi connectivity index (χ4v) is 1.85. The highest BCUT2D eigenvalue weighted by molar-refractivity contribution is 7.98. The number of carboxylic acid groups (broad SMARTS) is 1. The van der Waals surface area contributed by atoms with Gasteiger partial charge in [-0.15, -0.1) is 0 Å². The molecule has 0 aliphatic heterocycles. The summed E-state index contributed by atoms with van der Waals surface area (Å²) in [4.78, 5) is 35.1. The van der Waals surface area contributed by atoms with Gasteiger partial charge in [0.1, 0.15) is 12.6 Å². The highest BCUT2D eigenvalue weighted by Crippen LogP contribution is 2.04. The maximum Gasteiger partial charge on any atom is 0.326 e. The summed E-state index contributed by atoms with van der Waals surface area (Å²) in [6, 6.07) is -1.81. The van der Waals surface area contributed by atoms with E-state index >= 15 is 0 Å². The first kappa shape index (κ1) is 17.6. The molecule has 0 spiro atoms. The molecule has 0 rings (SSSR count). The molecule has 1 atom stereocenters. The van der Waals surface area contributed by atoms with E-state index in [1.54, 1.807) is 13.8 Å². The zero-order valence-electron chi connectivity index (χ0n) is 11.4. The molecule has 0 saturated heterocycles. The van der Waals surface area contributed by atoms with Crippen LogP contribution in [0.5, 0.6) is 0 Å². The van der Waals surface area contributed by atoms with Gasteiger partial charge in [-0.2, -0.15) is 11.8 Å². The molecule has 110 valence electrons. The molecule has 0 aliphatic carbocycles. The Labute approximate surface area is 116 Å². The van der Waals surface area contributed by atoms with Crippen molar-refractivity contribution in [2.45, 2.75) is 32.4 Å². The van der Waals surface area contributed by atoms with Gasteiger partial charge in [-0.3, -0.25) is 4.79 Å². The SMILES string of the molecule is CSCCC(NC(=O)N(CC(N)=O)C(C)C)C(=O)O. The number of urea groups is 1. The maximum absolute atomic E-state index is 11.9. The van der Waals surface area contributed by atoms with Gasteiger partial charge in [-0.25, -0.2) is 9.59 Å². The van der Waals surface area contributed by atoms with Gasteiger partial charge in [0.15, 0.2) is 0 Å². The van der Waals surface area contributed by atoms with Crippen molar-refractivity contribution in [2.75, 3.05) is 18.6 Å². The third kappa shape index (κ3) is 6.90. The molecule has 19 heavy (non-hydrogen) atoms. The summed E-state index contributed by atoms with van der Waals surface area (Å²) in [7, 11) is 0. The topological polar surface area (TPSA) is 113 Å². The number of nitrogens with two attached hydrogens (primary N) is 1. The predicted octanol–water partition coefficient (Wildman–Crippen LogP) is 0.0980. The van der Waals surface area contributed by atoms with E-state index in [-0.39, 0.29) is 12.6 Å². The number of nitrogens with one attached hydrogen (secondary N) is 1. The Morgan fingerprint density at radius 1 is 1.37 bits per heavy atom. The van der Waals surface area contributed by atoms with Gasteiger partial charge in [-0.1, -0.05) is 0 Å². The van der Waals surface area contributed by atoms with Crippen LogP contribution in [0.1, 0.15) is 20.3 Å². The summed E-state index contributed by atoms with van der Waals surface area (Å²) >= 11 is 1.50. The second kappa shape index (κ2) is 8.63. The van der Waals surface area contributed by atoms with Crippen molar-refractivity contribution < 1.29 is 19.5 Å². The van der Waals surface area contributed by atoms with E-state index < -0.39 is 23.9 Å². The van der Waals surface area contributed by atoms with E-state index in [0.29, 0.717) is 12.2 Å². The average Bonchev–Trinajstić information content (AvgIpc) is 2.30. The lowest BCUT2D eigenvalue weighted by atomic mass is 10.2. The maximum atomic E-state index is 11.9. The van der Waals surface area contributed by atoms with Gasteiger partial charge < -0.3 is 21.1 Å². The van der Waals surface area contributed by atoms with E-state index in [1.165, 1.54) is 16.7 Å². The lowest BCUT2D eigenvalue weighted by Crippen LogP contribution is -2.52. The van der Waals surface area contributed by atoms with E-state index in [1.807, 2.05) is 6.26 Å². The summed E-state index contributed by atoms with van der Waals surface area (Å²) < 4.78 is 0. The molecule has 0 radical (unpaired) electrons. The lowest BCUT2D eigenvalue weighted by Gasteiger charge is -2.27. The molecule has 0 fully saturated rings. The molecule has 1 unspecified atom stereocenters. The summed E-state index contributed by atoms with van der Waals surface area (Å²) in [5.41, 5.74) is 5.06. The summed E-state index contributed by atoms with van der Waals surface area (Å²) in [6.07, 6.45) is 2.18. The molecule has 7 nitrogen and oxygen atoms in total. The number of carboxylic acids is 1. The summed E-state index contributed by atoms with van der Waals surface area (Å²) in [5, 5.41) is 11.4. The van der Waals surface area contributed by atoms with Crippen molar-refractivity contribution in [2.24, 2.45) is 5.73 Å². The number of hydrogen-bond donors (Lipinski definition) is 3. The van der Waals surface area contributed by atoms with Gasteiger partial charge in [0.25, 0.3) is 0 Å². The van der Waals surface area contributed by atoms with Gasteiger partial charge in [0.05, 0.1) is 0 Å². The molecule has 4 N–H and O–H groups in total. The number of hydrogen-bond acceptors (Lipinski definition) is 4. The largest absolute Gasteiger partial charge is 0.480 e. The molecule has 0 aromatic heterocycles. The average molecular weight is 291 g/mol. The number of carbonyl (C=O) groups is 3. The van der Waals surface area contributed by atoms with E-state index in [2.05, 4.69) is 5.32 Å². The van der Waals surface area contributed by atoms with Crippen molar-refractivity contribution >= 4 is 29.7 Å². The molecule has 0 saturated carbocycles. The van der Waals surface area contributed by atoms with Crippen LogP contribution < -0.4 is 11.1 Å². The van der Waals surface area contributed by atoms with Crippen LogP contribution in [-0.2, 0) is 9.59 Å². The van der Waals surface area contributed by atoms with Crippen LogP contribution in [0.15, 0.2) is 0 Å². The first-order chi connectivity index (χ1) is 8.79. The zero-order chi connectivity index (χ0) is 15.0. The molecule has 0 aliphatic rings. The Balaban J connectivity index is 4.65. The second-order valence-corrected chi connectivity index (χ2v) is 5.30. The minimum atomic E-state index is -1.09. The third-order valence-corrected chi connectivity index (χ3v) is 3.06. The van der Waals surface area contributed by atoms with Gasteiger partial charge >= 0.3 is 12.0 Å². The first-order valence-corrected chi connectivity index (χ1v) is 7.26. The molecule has 0 aromatic carbocycles. The van der Waals surface area contributed by atoms with Crippen molar-refractivity contribution in [1.29, 1.82) is 0 Å². The van der Waals surface area contributed by atoms with Crippen LogP contribution >= 0.6 is 11.8 Å². The Morgan fingerprint density at radius 3 is 2.32 bits per heavy atom. The number of primary amides is 1. The molecular weight excluding hydrogens is 270 g/mol. The quantitative estimate of drug-likeness (QED) is 0.587. The number of aliphatic carboxylic acids is 1. The normalized spacial score (nSPS) is 12.0. The minimum Gasteiger partial charge on any atom is -0.480 e. The monoisotopic (exact) mass is 291 g/mol. The molecule has 3 amide bonds. The fourth-order valence-electron chi connectivity index (χ4n) is 1.38. The van der Waals surface area contributed by atoms with Crippen LogP contribution in [0, 0.1) is 0 Å². The Morgan fingerprint density at radius 2 is 1.95 bits per heavy atom. The second-order valence-electron chi connectivity index (χ2n) is 4.31. The Kier molecular flexibility index (Phi) is 7.97. The highest BCUT2D eigenvalue weighted by atomic mass is 32.2. The summed E-state index contributed by atoms with van der Waals surface area (Å²) in [5.74, 6) is -1.11. The number of nitrogens with zero attached hydrogens (tertiary/aromatic N) is 1. The Hall–Kier alpha value is -1.44. The van der Waals surface area contributed by atoms with Gasteiger partial charge in [0, 0.05) is 6.04 Å². The first-order valence-electron chi connectivity index (χ1n) is 5.86.